The molecule has 4 nitrogen and oxygen atoms in total. The Balaban J connectivity index is 1.50. The second-order valence-electron chi connectivity index (χ2n) is 5.41. The van der Waals surface area contributed by atoms with Crippen molar-refractivity contribution in [3.63, 3.8) is 0 Å². The number of aromatic nitrogens is 1. The first-order valence-corrected chi connectivity index (χ1v) is 7.74. The van der Waals surface area contributed by atoms with Crippen LogP contribution in [0.2, 0.25) is 0 Å². The molecular weight excluding hydrogens is 288 g/mol. The minimum atomic E-state index is -0.0509. The van der Waals surface area contributed by atoms with Gasteiger partial charge in [-0.15, -0.1) is 0 Å². The van der Waals surface area contributed by atoms with E-state index in [4.69, 9.17) is 4.74 Å². The largest absolute Gasteiger partial charge is 0.497 e. The van der Waals surface area contributed by atoms with E-state index in [-0.39, 0.29) is 5.91 Å². The van der Waals surface area contributed by atoms with Gasteiger partial charge >= 0.3 is 0 Å². The summed E-state index contributed by atoms with van der Waals surface area (Å²) in [5.41, 5.74) is 1.88. The van der Waals surface area contributed by atoms with E-state index in [1.165, 1.54) is 10.9 Å². The quantitative estimate of drug-likeness (QED) is 0.709. The molecule has 0 aliphatic carbocycles. The summed E-state index contributed by atoms with van der Waals surface area (Å²) in [6.07, 6.45) is 2.98. The van der Waals surface area contributed by atoms with Gasteiger partial charge in [0, 0.05) is 30.4 Å². The molecule has 1 amide bonds. The summed E-state index contributed by atoms with van der Waals surface area (Å²) in [5, 5.41) is 4.20. The molecule has 2 aromatic carbocycles. The molecule has 0 saturated carbocycles. The van der Waals surface area contributed by atoms with Crippen LogP contribution in [-0.2, 0) is 6.54 Å². The highest BCUT2D eigenvalue weighted by Crippen LogP contribution is 2.15. The molecular formula is C19H20N2O2. The molecule has 1 N–H and O–H groups in total. The van der Waals surface area contributed by atoms with Crippen molar-refractivity contribution in [2.24, 2.45) is 0 Å². The number of methoxy groups -OCH3 is 1. The van der Waals surface area contributed by atoms with Crippen molar-refractivity contribution in [1.29, 1.82) is 0 Å². The van der Waals surface area contributed by atoms with Crippen LogP contribution in [0.5, 0.6) is 5.75 Å². The molecule has 0 fully saturated rings. The van der Waals surface area contributed by atoms with Crippen molar-refractivity contribution in [3.05, 3.63) is 66.4 Å². The molecule has 0 radical (unpaired) electrons. The summed E-state index contributed by atoms with van der Waals surface area (Å²) in [6, 6.07) is 17.6. The molecule has 0 aliphatic rings. The monoisotopic (exact) mass is 308 g/mol. The third kappa shape index (κ3) is 3.54. The lowest BCUT2D eigenvalue weighted by Gasteiger charge is -2.08. The van der Waals surface area contributed by atoms with E-state index in [0.29, 0.717) is 12.1 Å². The van der Waals surface area contributed by atoms with Gasteiger partial charge in [-0.05, 0) is 48.2 Å². The molecule has 23 heavy (non-hydrogen) atoms. The van der Waals surface area contributed by atoms with E-state index in [0.717, 1.165) is 18.7 Å². The average molecular weight is 308 g/mol. The van der Waals surface area contributed by atoms with Crippen LogP contribution < -0.4 is 10.1 Å². The number of nitrogens with zero attached hydrogens (tertiary/aromatic N) is 1. The topological polar surface area (TPSA) is 43.3 Å². The summed E-state index contributed by atoms with van der Waals surface area (Å²) < 4.78 is 7.31. The predicted molar refractivity (Wildman–Crippen MR) is 91.9 cm³/mol. The number of nitrogens with one attached hydrogen (secondary N) is 1. The molecule has 0 aliphatic heterocycles. The van der Waals surface area contributed by atoms with Crippen molar-refractivity contribution in [2.75, 3.05) is 13.7 Å². The minimum Gasteiger partial charge on any atom is -0.497 e. The van der Waals surface area contributed by atoms with Crippen LogP contribution in [0.4, 0.5) is 0 Å². The Hall–Kier alpha value is -2.75. The minimum absolute atomic E-state index is 0.0509. The first-order chi connectivity index (χ1) is 11.3. The van der Waals surface area contributed by atoms with Crippen LogP contribution in [0.15, 0.2) is 60.8 Å². The Labute approximate surface area is 135 Å². The van der Waals surface area contributed by atoms with Crippen molar-refractivity contribution in [3.8, 4) is 5.75 Å². The fourth-order valence-corrected chi connectivity index (χ4v) is 2.63. The summed E-state index contributed by atoms with van der Waals surface area (Å²) in [6.45, 7) is 1.54. The van der Waals surface area contributed by atoms with E-state index >= 15 is 0 Å². The molecule has 1 aromatic heterocycles. The second kappa shape index (κ2) is 7.01. The third-order valence-electron chi connectivity index (χ3n) is 3.89. The highest BCUT2D eigenvalue weighted by molar-refractivity contribution is 5.94. The molecule has 0 atom stereocenters. The van der Waals surface area contributed by atoms with Crippen LogP contribution in [0.3, 0.4) is 0 Å². The Bertz CT molecular complexity index is 790. The molecule has 1 heterocycles. The smallest absolute Gasteiger partial charge is 0.251 e. The maximum Gasteiger partial charge on any atom is 0.251 e. The predicted octanol–water partition coefficient (Wildman–Crippen LogP) is 3.47. The van der Waals surface area contributed by atoms with E-state index < -0.39 is 0 Å². The molecule has 3 aromatic rings. The van der Waals surface area contributed by atoms with E-state index in [9.17, 15) is 4.79 Å². The van der Waals surface area contributed by atoms with Crippen LogP contribution in [-0.4, -0.2) is 24.1 Å². The van der Waals surface area contributed by atoms with Gasteiger partial charge in [-0.1, -0.05) is 18.2 Å². The number of para-hydroxylation sites is 1. The van der Waals surface area contributed by atoms with Gasteiger partial charge in [0.05, 0.1) is 7.11 Å². The van der Waals surface area contributed by atoms with Gasteiger partial charge in [0.2, 0.25) is 0 Å². The number of ether oxygens (including phenoxy) is 1. The Morgan fingerprint density at radius 3 is 2.65 bits per heavy atom. The fraction of sp³-hybridized carbons (Fsp3) is 0.211. The number of hydrogen-bond acceptors (Lipinski definition) is 2. The molecule has 0 bridgehead atoms. The summed E-state index contributed by atoms with van der Waals surface area (Å²) in [7, 11) is 1.61. The fourth-order valence-electron chi connectivity index (χ4n) is 2.63. The van der Waals surface area contributed by atoms with Gasteiger partial charge in [-0.3, -0.25) is 4.79 Å². The number of aryl methyl sites for hydroxylation is 1. The van der Waals surface area contributed by atoms with E-state index in [1.807, 2.05) is 12.1 Å². The van der Waals surface area contributed by atoms with Gasteiger partial charge in [0.25, 0.3) is 5.91 Å². The normalized spacial score (nSPS) is 10.7. The Kier molecular flexibility index (Phi) is 4.62. The van der Waals surface area contributed by atoms with Crippen LogP contribution in [0.25, 0.3) is 10.9 Å². The molecule has 0 saturated heterocycles. The van der Waals surface area contributed by atoms with Crippen molar-refractivity contribution >= 4 is 16.8 Å². The number of fused-ring (bicyclic) bond motifs is 1. The van der Waals surface area contributed by atoms with Crippen molar-refractivity contribution in [1.82, 2.24) is 9.88 Å². The number of benzene rings is 2. The number of carbonyl (C=O) groups is 1. The van der Waals surface area contributed by atoms with Crippen LogP contribution in [0.1, 0.15) is 16.8 Å². The zero-order chi connectivity index (χ0) is 16.1. The zero-order valence-corrected chi connectivity index (χ0v) is 13.2. The van der Waals surface area contributed by atoms with Crippen LogP contribution in [0, 0.1) is 0 Å². The number of rotatable bonds is 6. The summed E-state index contributed by atoms with van der Waals surface area (Å²) >= 11 is 0. The van der Waals surface area contributed by atoms with Gasteiger partial charge in [0.1, 0.15) is 5.75 Å². The van der Waals surface area contributed by atoms with Gasteiger partial charge < -0.3 is 14.6 Å². The maximum atomic E-state index is 12.1. The van der Waals surface area contributed by atoms with E-state index in [2.05, 4.69) is 34.3 Å². The molecule has 118 valence electrons. The van der Waals surface area contributed by atoms with Crippen LogP contribution >= 0.6 is 0 Å². The van der Waals surface area contributed by atoms with Gasteiger partial charge in [-0.2, -0.15) is 0 Å². The maximum absolute atomic E-state index is 12.1. The highest BCUT2D eigenvalue weighted by atomic mass is 16.5. The molecule has 0 unspecified atom stereocenters. The third-order valence-corrected chi connectivity index (χ3v) is 3.89. The average Bonchev–Trinajstić information content (AvgIpc) is 3.02. The first-order valence-electron chi connectivity index (χ1n) is 7.74. The van der Waals surface area contributed by atoms with Gasteiger partial charge in [0.15, 0.2) is 0 Å². The summed E-state index contributed by atoms with van der Waals surface area (Å²) in [4.78, 5) is 12.1. The lowest BCUT2D eigenvalue weighted by molar-refractivity contribution is 0.0953. The Morgan fingerprint density at radius 1 is 1.09 bits per heavy atom. The second-order valence-corrected chi connectivity index (χ2v) is 5.41. The van der Waals surface area contributed by atoms with E-state index in [1.54, 1.807) is 31.4 Å². The molecule has 3 rings (SSSR count). The van der Waals surface area contributed by atoms with Crippen molar-refractivity contribution < 1.29 is 9.53 Å². The first kappa shape index (κ1) is 15.2. The highest BCUT2D eigenvalue weighted by Gasteiger charge is 2.05. The number of hydrogen-bond donors (Lipinski definition) is 1. The zero-order valence-electron chi connectivity index (χ0n) is 13.2. The number of amides is 1. The Morgan fingerprint density at radius 2 is 1.87 bits per heavy atom. The molecule has 4 heteroatoms. The standard InChI is InChI=1S/C19H20N2O2/c1-23-17-9-7-16(8-10-17)19(22)20-12-4-13-21-14-11-15-5-2-3-6-18(15)21/h2-3,5-11,14H,4,12-13H2,1H3,(H,20,22). The SMILES string of the molecule is COc1ccc(C(=O)NCCCn2ccc3ccccc32)cc1. The summed E-state index contributed by atoms with van der Waals surface area (Å²) in [5.74, 6) is 0.700. The van der Waals surface area contributed by atoms with Gasteiger partial charge in [-0.25, -0.2) is 0 Å². The lowest BCUT2D eigenvalue weighted by atomic mass is 10.2. The van der Waals surface area contributed by atoms with Crippen molar-refractivity contribution in [2.45, 2.75) is 13.0 Å². The number of carbonyl (C=O) groups excluding carboxylic acids is 1. The molecule has 0 spiro atoms. The lowest BCUT2D eigenvalue weighted by Crippen LogP contribution is -2.25.